The zero-order chi connectivity index (χ0) is 22.7. The van der Waals surface area contributed by atoms with Gasteiger partial charge in [0, 0.05) is 18.3 Å². The Hall–Kier alpha value is -3.83. The molecule has 0 saturated heterocycles. The van der Waals surface area contributed by atoms with Crippen LogP contribution < -0.4 is 9.46 Å². The van der Waals surface area contributed by atoms with Crippen molar-refractivity contribution in [2.24, 2.45) is 0 Å². The molecule has 10 nitrogen and oxygen atoms in total. The van der Waals surface area contributed by atoms with Crippen LogP contribution in [0.5, 0.6) is 5.75 Å². The summed E-state index contributed by atoms with van der Waals surface area (Å²) in [7, 11) is -2.31. The zero-order valence-electron chi connectivity index (χ0n) is 17.0. The van der Waals surface area contributed by atoms with Crippen LogP contribution >= 0.6 is 0 Å². The van der Waals surface area contributed by atoms with Crippen molar-refractivity contribution >= 4 is 26.9 Å². The highest BCUT2D eigenvalue weighted by atomic mass is 32.2. The second-order valence-electron chi connectivity index (χ2n) is 6.88. The summed E-state index contributed by atoms with van der Waals surface area (Å²) < 4.78 is 34.9. The lowest BCUT2D eigenvalue weighted by Gasteiger charge is -2.11. The Morgan fingerprint density at radius 3 is 2.47 bits per heavy atom. The number of hydrogen-bond acceptors (Lipinski definition) is 7. The fraction of sp³-hybridized carbons (Fsp3) is 0.143. The topological polar surface area (TPSA) is 129 Å². The minimum Gasteiger partial charge on any atom is -0.497 e. The monoisotopic (exact) mass is 453 g/mol. The van der Waals surface area contributed by atoms with Crippen molar-refractivity contribution in [2.45, 2.75) is 18.0 Å². The molecule has 0 saturated carbocycles. The van der Waals surface area contributed by atoms with Gasteiger partial charge < -0.3 is 9.30 Å². The lowest BCUT2D eigenvalue weighted by Crippen LogP contribution is -2.25. The molecular weight excluding hydrogens is 434 g/mol. The Bertz CT molecular complexity index is 1370. The van der Waals surface area contributed by atoms with E-state index in [-0.39, 0.29) is 17.1 Å². The first-order chi connectivity index (χ1) is 15.4. The molecule has 0 bridgehead atoms. The third-order valence-electron chi connectivity index (χ3n) is 4.86. The average Bonchev–Trinajstić information content (AvgIpc) is 3.16. The van der Waals surface area contributed by atoms with Crippen molar-refractivity contribution in [2.75, 3.05) is 7.11 Å². The molecule has 0 fully saturated rings. The molecule has 0 radical (unpaired) electrons. The number of imidazole rings is 1. The number of nitro groups is 1. The van der Waals surface area contributed by atoms with Crippen molar-refractivity contribution in [1.82, 2.24) is 19.3 Å². The minimum atomic E-state index is -3.90. The fourth-order valence-electron chi connectivity index (χ4n) is 3.21. The largest absolute Gasteiger partial charge is 0.497 e. The fourth-order valence-corrected chi connectivity index (χ4v) is 4.19. The highest BCUT2D eigenvalue weighted by Crippen LogP contribution is 2.19. The number of aromatic nitrogens is 3. The molecule has 0 aliphatic rings. The molecule has 1 N–H and O–H groups in total. The van der Waals surface area contributed by atoms with Gasteiger partial charge in [0.25, 0.3) is 5.69 Å². The average molecular weight is 453 g/mol. The van der Waals surface area contributed by atoms with Gasteiger partial charge in [-0.1, -0.05) is 12.1 Å². The molecule has 2 heterocycles. The second kappa shape index (κ2) is 8.73. The van der Waals surface area contributed by atoms with E-state index < -0.39 is 14.9 Å². The van der Waals surface area contributed by atoms with Crippen molar-refractivity contribution in [3.8, 4) is 5.75 Å². The number of rotatable bonds is 8. The van der Waals surface area contributed by atoms with E-state index in [1.165, 1.54) is 12.1 Å². The number of nitro benzene ring substituents is 1. The van der Waals surface area contributed by atoms with Gasteiger partial charge in [0.1, 0.15) is 17.1 Å². The summed E-state index contributed by atoms with van der Waals surface area (Å²) in [6, 6.07) is 15.8. The molecule has 2 aromatic carbocycles. The van der Waals surface area contributed by atoms with Gasteiger partial charge in [-0.05, 0) is 42.0 Å². The third-order valence-corrected chi connectivity index (χ3v) is 6.28. The highest BCUT2D eigenvalue weighted by Gasteiger charge is 2.19. The van der Waals surface area contributed by atoms with E-state index in [2.05, 4.69) is 14.7 Å². The SMILES string of the molecule is COc1ccc(Cn2c(CNS(=O)(=O)c3ccc([N+](=O)[O-])cc3)nc3cccnc32)cc1. The number of hydrogen-bond donors (Lipinski definition) is 1. The van der Waals surface area contributed by atoms with Gasteiger partial charge in [0.15, 0.2) is 5.65 Å². The number of methoxy groups -OCH3 is 1. The summed E-state index contributed by atoms with van der Waals surface area (Å²) in [6.45, 7) is 0.359. The Morgan fingerprint density at radius 2 is 1.81 bits per heavy atom. The lowest BCUT2D eigenvalue weighted by molar-refractivity contribution is -0.384. The number of fused-ring (bicyclic) bond motifs is 1. The Balaban J connectivity index is 1.60. The first-order valence-corrected chi connectivity index (χ1v) is 11.0. The Morgan fingerprint density at radius 1 is 1.09 bits per heavy atom. The molecule has 4 aromatic rings. The van der Waals surface area contributed by atoms with Gasteiger partial charge in [-0.15, -0.1) is 0 Å². The van der Waals surface area contributed by atoms with E-state index in [9.17, 15) is 18.5 Å². The van der Waals surface area contributed by atoms with Crippen molar-refractivity contribution in [3.63, 3.8) is 0 Å². The Kier molecular flexibility index (Phi) is 5.84. The molecule has 0 spiro atoms. The van der Waals surface area contributed by atoms with Crippen LogP contribution in [0.2, 0.25) is 0 Å². The molecule has 4 rings (SSSR count). The van der Waals surface area contributed by atoms with Crippen molar-refractivity contribution in [1.29, 1.82) is 0 Å². The molecule has 164 valence electrons. The van der Waals surface area contributed by atoms with Crippen LogP contribution in [0, 0.1) is 10.1 Å². The van der Waals surface area contributed by atoms with Crippen molar-refractivity contribution < 1.29 is 18.1 Å². The van der Waals surface area contributed by atoms with Crippen LogP contribution in [0.25, 0.3) is 11.2 Å². The van der Waals surface area contributed by atoms with Gasteiger partial charge in [-0.25, -0.2) is 23.1 Å². The summed E-state index contributed by atoms with van der Waals surface area (Å²) in [6.07, 6.45) is 1.65. The number of benzene rings is 2. The summed E-state index contributed by atoms with van der Waals surface area (Å²) in [5.74, 6) is 1.22. The molecular formula is C21H19N5O5S. The normalized spacial score (nSPS) is 11.5. The van der Waals surface area contributed by atoms with E-state index in [1.54, 1.807) is 25.4 Å². The van der Waals surface area contributed by atoms with E-state index in [4.69, 9.17) is 4.74 Å². The number of nitrogens with zero attached hydrogens (tertiary/aromatic N) is 4. The van der Waals surface area contributed by atoms with Crippen molar-refractivity contribution in [3.05, 3.63) is 88.4 Å². The molecule has 0 aliphatic heterocycles. The first-order valence-electron chi connectivity index (χ1n) is 9.54. The number of nitrogens with one attached hydrogen (secondary N) is 1. The predicted molar refractivity (Wildman–Crippen MR) is 117 cm³/mol. The Labute approximate surface area is 183 Å². The van der Waals surface area contributed by atoms with Crippen LogP contribution in [0.4, 0.5) is 5.69 Å². The third kappa shape index (κ3) is 4.43. The van der Waals surface area contributed by atoms with Gasteiger partial charge >= 0.3 is 0 Å². The smallest absolute Gasteiger partial charge is 0.269 e. The quantitative estimate of drug-likeness (QED) is 0.321. The van der Waals surface area contributed by atoms with Gasteiger partial charge in [-0.2, -0.15) is 0 Å². The molecule has 0 unspecified atom stereocenters. The van der Waals surface area contributed by atoms with Crippen LogP contribution in [0.1, 0.15) is 11.4 Å². The standard InChI is InChI=1S/C21H19N5O5S/c1-31-17-8-4-15(5-9-17)14-25-20(24-19-3-2-12-22-21(19)25)13-23-32(29,30)18-10-6-16(7-11-18)26(27)28/h2-12,23H,13-14H2,1H3. The number of pyridine rings is 1. The zero-order valence-corrected chi connectivity index (χ0v) is 17.8. The summed E-state index contributed by atoms with van der Waals surface area (Å²) in [5.41, 5.74) is 2.06. The lowest BCUT2D eigenvalue weighted by atomic mass is 10.2. The predicted octanol–water partition coefficient (Wildman–Crippen LogP) is 2.87. The summed E-state index contributed by atoms with van der Waals surface area (Å²) >= 11 is 0. The summed E-state index contributed by atoms with van der Waals surface area (Å²) in [4.78, 5) is 19.1. The number of sulfonamides is 1. The van der Waals surface area contributed by atoms with E-state index in [1.807, 2.05) is 28.8 Å². The second-order valence-corrected chi connectivity index (χ2v) is 8.65. The van der Waals surface area contributed by atoms with Gasteiger partial charge in [0.2, 0.25) is 10.0 Å². The maximum Gasteiger partial charge on any atom is 0.269 e. The maximum absolute atomic E-state index is 12.7. The van der Waals surface area contributed by atoms with Gasteiger partial charge in [-0.3, -0.25) is 10.1 Å². The molecule has 32 heavy (non-hydrogen) atoms. The number of non-ortho nitro benzene ring substituents is 1. The highest BCUT2D eigenvalue weighted by molar-refractivity contribution is 7.89. The van der Waals surface area contributed by atoms with Crippen LogP contribution in [0.15, 0.2) is 71.8 Å². The molecule has 0 amide bonds. The van der Waals surface area contributed by atoms with Gasteiger partial charge in [0.05, 0.1) is 30.0 Å². The molecule has 0 atom stereocenters. The molecule has 2 aromatic heterocycles. The number of ether oxygens (including phenoxy) is 1. The van der Waals surface area contributed by atoms with E-state index in [0.29, 0.717) is 23.5 Å². The molecule has 0 aliphatic carbocycles. The maximum atomic E-state index is 12.7. The van der Waals surface area contributed by atoms with Crippen LogP contribution in [-0.4, -0.2) is 35.0 Å². The molecule has 11 heteroatoms. The minimum absolute atomic E-state index is 0.0703. The van der Waals surface area contributed by atoms with Crippen LogP contribution in [-0.2, 0) is 23.1 Å². The van der Waals surface area contributed by atoms with Crippen LogP contribution in [0.3, 0.4) is 0 Å². The van der Waals surface area contributed by atoms with E-state index in [0.717, 1.165) is 23.4 Å². The summed E-state index contributed by atoms with van der Waals surface area (Å²) in [5, 5.41) is 10.8. The first kappa shape index (κ1) is 21.4. The van der Waals surface area contributed by atoms with E-state index >= 15 is 0 Å².